The third kappa shape index (κ3) is 8.39. The predicted octanol–water partition coefficient (Wildman–Crippen LogP) is 3.23. The summed E-state index contributed by atoms with van der Waals surface area (Å²) in [5, 5.41) is 5.83. The van der Waals surface area contributed by atoms with Gasteiger partial charge in [-0.2, -0.15) is 0 Å². The standard InChI is InChI=1S/C21H26N6O2S.C2H6/c1-22-20(29)19(30-15-28)11-18-4-8-24-21(26-18)25-13-16-5-9-27(10-6-16)14-17-3-2-7-23-12-17;1-2/h2-4,7-8,11-12,15-16H,5-6,9-10,13-14H2,1H3,(H,22,29)(H,24,25,26);1-2H3/b19-11-;. The molecule has 0 aromatic carbocycles. The monoisotopic (exact) mass is 456 g/mol. The van der Waals surface area contributed by atoms with Crippen LogP contribution in [0.3, 0.4) is 0 Å². The number of aromatic nitrogens is 3. The molecule has 172 valence electrons. The second kappa shape index (κ2) is 14.3. The lowest BCUT2D eigenvalue weighted by Gasteiger charge is -2.32. The Morgan fingerprint density at radius 3 is 2.69 bits per heavy atom. The maximum Gasteiger partial charge on any atom is 0.257 e. The van der Waals surface area contributed by atoms with E-state index in [1.807, 2.05) is 26.1 Å². The van der Waals surface area contributed by atoms with Gasteiger partial charge in [-0.15, -0.1) is 0 Å². The number of piperidine rings is 1. The van der Waals surface area contributed by atoms with Gasteiger partial charge < -0.3 is 10.6 Å². The molecule has 1 saturated heterocycles. The molecule has 9 heteroatoms. The summed E-state index contributed by atoms with van der Waals surface area (Å²) < 4.78 is 0. The SMILES string of the molecule is CC.CNC(=O)/C(=C/c1ccnc(NCC2CCN(Cc3cccnc3)CC2)n1)SC=O. The first-order valence-electron chi connectivity index (χ1n) is 10.9. The van der Waals surface area contributed by atoms with Crippen LogP contribution in [0.15, 0.2) is 41.7 Å². The molecule has 0 radical (unpaired) electrons. The minimum absolute atomic E-state index is 0.290. The fourth-order valence-electron chi connectivity index (χ4n) is 3.33. The van der Waals surface area contributed by atoms with Gasteiger partial charge in [0.15, 0.2) is 5.62 Å². The highest BCUT2D eigenvalue weighted by Gasteiger charge is 2.19. The number of pyridine rings is 1. The highest BCUT2D eigenvalue weighted by molar-refractivity contribution is 8.16. The zero-order valence-electron chi connectivity index (χ0n) is 19.0. The average Bonchev–Trinajstić information content (AvgIpc) is 2.85. The molecule has 0 bridgehead atoms. The molecule has 0 atom stereocenters. The van der Waals surface area contributed by atoms with Crippen LogP contribution in [0.2, 0.25) is 0 Å². The van der Waals surface area contributed by atoms with Crippen molar-refractivity contribution < 1.29 is 9.59 Å². The predicted molar refractivity (Wildman–Crippen MR) is 130 cm³/mol. The van der Waals surface area contributed by atoms with E-state index in [2.05, 4.69) is 36.6 Å². The summed E-state index contributed by atoms with van der Waals surface area (Å²) in [6, 6.07) is 5.80. The molecule has 8 nitrogen and oxygen atoms in total. The lowest BCUT2D eigenvalue weighted by Crippen LogP contribution is -2.35. The van der Waals surface area contributed by atoms with E-state index in [0.29, 0.717) is 23.2 Å². The summed E-state index contributed by atoms with van der Waals surface area (Å²) in [5.74, 6) is 0.761. The number of nitrogens with zero attached hydrogens (tertiary/aromatic N) is 4. The number of anilines is 1. The molecule has 2 N–H and O–H groups in total. The van der Waals surface area contributed by atoms with Crippen molar-refractivity contribution >= 4 is 35.3 Å². The van der Waals surface area contributed by atoms with Crippen LogP contribution in [-0.4, -0.2) is 58.1 Å². The Labute approximate surface area is 194 Å². The van der Waals surface area contributed by atoms with Gasteiger partial charge in [-0.1, -0.05) is 19.9 Å². The molecule has 0 saturated carbocycles. The van der Waals surface area contributed by atoms with Crippen LogP contribution < -0.4 is 10.6 Å². The van der Waals surface area contributed by atoms with Gasteiger partial charge in [0.2, 0.25) is 5.95 Å². The summed E-state index contributed by atoms with van der Waals surface area (Å²) in [6.45, 7) is 7.86. The van der Waals surface area contributed by atoms with Crippen molar-refractivity contribution in [2.24, 2.45) is 5.92 Å². The Bertz CT molecular complexity index is 870. The zero-order valence-corrected chi connectivity index (χ0v) is 19.8. The van der Waals surface area contributed by atoms with Crippen LogP contribution in [0.5, 0.6) is 0 Å². The summed E-state index contributed by atoms with van der Waals surface area (Å²) in [6.07, 6.45) is 9.18. The van der Waals surface area contributed by atoms with Gasteiger partial charge in [-0.05, 0) is 67.4 Å². The van der Waals surface area contributed by atoms with Crippen LogP contribution in [0.1, 0.15) is 37.9 Å². The largest absolute Gasteiger partial charge is 0.355 e. The number of likely N-dealkylation sites (tertiary alicyclic amines) is 1. The quantitative estimate of drug-likeness (QED) is 0.438. The minimum Gasteiger partial charge on any atom is -0.355 e. The third-order valence-corrected chi connectivity index (χ3v) is 5.62. The maximum atomic E-state index is 11.8. The Hall–Kier alpha value is -2.78. The molecular formula is C23H32N6O2S. The Morgan fingerprint density at radius 2 is 2.03 bits per heavy atom. The lowest BCUT2D eigenvalue weighted by molar-refractivity contribution is -0.116. The maximum absolute atomic E-state index is 11.8. The molecule has 0 aliphatic carbocycles. The number of likely N-dealkylation sites (N-methyl/N-ethyl adjacent to an activating group) is 1. The molecule has 3 rings (SSSR count). The molecule has 32 heavy (non-hydrogen) atoms. The fraction of sp³-hybridized carbons (Fsp3) is 0.435. The van der Waals surface area contributed by atoms with Gasteiger partial charge in [0.25, 0.3) is 5.91 Å². The Balaban J connectivity index is 0.00000176. The first-order valence-corrected chi connectivity index (χ1v) is 11.8. The van der Waals surface area contributed by atoms with Gasteiger partial charge in [-0.25, -0.2) is 9.97 Å². The average molecular weight is 457 g/mol. The van der Waals surface area contributed by atoms with E-state index >= 15 is 0 Å². The number of carbonyl (C=O) groups is 2. The number of carbonyl (C=O) groups excluding carboxylic acids is 2. The van der Waals surface area contributed by atoms with Gasteiger partial charge in [-0.3, -0.25) is 19.5 Å². The van der Waals surface area contributed by atoms with Gasteiger partial charge >= 0.3 is 0 Å². The van der Waals surface area contributed by atoms with Crippen LogP contribution in [-0.2, 0) is 16.1 Å². The highest BCUT2D eigenvalue weighted by Crippen LogP contribution is 2.20. The van der Waals surface area contributed by atoms with E-state index in [9.17, 15) is 9.59 Å². The molecule has 0 spiro atoms. The first kappa shape index (κ1) is 25.5. The van der Waals surface area contributed by atoms with Gasteiger partial charge in [0, 0.05) is 38.7 Å². The molecule has 1 aliphatic heterocycles. The van der Waals surface area contributed by atoms with E-state index in [4.69, 9.17) is 0 Å². The zero-order chi connectivity index (χ0) is 23.2. The van der Waals surface area contributed by atoms with E-state index in [1.165, 1.54) is 12.6 Å². The van der Waals surface area contributed by atoms with Crippen molar-refractivity contribution in [3.8, 4) is 0 Å². The molecule has 1 aliphatic rings. The van der Waals surface area contributed by atoms with Crippen molar-refractivity contribution in [1.29, 1.82) is 0 Å². The fourth-order valence-corrected chi connectivity index (χ4v) is 3.84. The minimum atomic E-state index is -0.321. The first-order chi connectivity index (χ1) is 15.7. The second-order valence-electron chi connectivity index (χ2n) is 7.07. The number of amides is 1. The second-order valence-corrected chi connectivity index (χ2v) is 7.94. The van der Waals surface area contributed by atoms with Gasteiger partial charge in [0.05, 0.1) is 10.6 Å². The number of rotatable bonds is 9. The summed E-state index contributed by atoms with van der Waals surface area (Å²) in [7, 11) is 1.52. The van der Waals surface area contributed by atoms with Crippen LogP contribution >= 0.6 is 11.8 Å². The Morgan fingerprint density at radius 1 is 1.25 bits per heavy atom. The van der Waals surface area contributed by atoms with Crippen LogP contribution in [0, 0.1) is 5.92 Å². The van der Waals surface area contributed by atoms with Crippen molar-refractivity contribution in [2.45, 2.75) is 33.2 Å². The lowest BCUT2D eigenvalue weighted by atomic mass is 9.96. The number of hydrogen-bond acceptors (Lipinski definition) is 8. The molecule has 2 aromatic rings. The van der Waals surface area contributed by atoms with Gasteiger partial charge in [0.1, 0.15) is 0 Å². The van der Waals surface area contributed by atoms with E-state index in [-0.39, 0.29) is 10.8 Å². The Kier molecular flexibility index (Phi) is 11.4. The van der Waals surface area contributed by atoms with E-state index < -0.39 is 0 Å². The summed E-state index contributed by atoms with van der Waals surface area (Å²) in [4.78, 5) is 38.3. The molecule has 1 amide bonds. The van der Waals surface area contributed by atoms with Crippen molar-refractivity contribution in [3.63, 3.8) is 0 Å². The smallest absolute Gasteiger partial charge is 0.257 e. The van der Waals surface area contributed by atoms with E-state index in [1.54, 1.807) is 24.5 Å². The summed E-state index contributed by atoms with van der Waals surface area (Å²) >= 11 is 0.826. The molecule has 2 aromatic heterocycles. The topological polar surface area (TPSA) is 100 Å². The molecule has 0 unspecified atom stereocenters. The highest BCUT2D eigenvalue weighted by atomic mass is 32.2. The summed E-state index contributed by atoms with van der Waals surface area (Å²) in [5.41, 5.74) is 2.45. The van der Waals surface area contributed by atoms with Crippen LogP contribution in [0.25, 0.3) is 6.08 Å². The third-order valence-electron chi connectivity index (χ3n) is 4.97. The molecule has 3 heterocycles. The molecule has 1 fully saturated rings. The number of hydrogen-bond donors (Lipinski definition) is 2. The number of nitrogens with one attached hydrogen (secondary N) is 2. The van der Waals surface area contributed by atoms with Crippen molar-refractivity contribution in [3.05, 3.63) is 53.0 Å². The van der Waals surface area contributed by atoms with Crippen molar-refractivity contribution in [1.82, 2.24) is 25.2 Å². The van der Waals surface area contributed by atoms with E-state index in [0.717, 1.165) is 50.8 Å². The van der Waals surface area contributed by atoms with Crippen molar-refractivity contribution in [2.75, 3.05) is 32.0 Å². The molecular weight excluding hydrogens is 424 g/mol. The van der Waals surface area contributed by atoms with Crippen LogP contribution in [0.4, 0.5) is 5.95 Å². The normalized spacial score (nSPS) is 14.8. The number of thioether (sulfide) groups is 1.